The van der Waals surface area contributed by atoms with Gasteiger partial charge in [0.05, 0.1) is 11.0 Å². The second-order valence-corrected chi connectivity index (χ2v) is 16.1. The normalized spacial score (nSPS) is 15.6. The van der Waals surface area contributed by atoms with Crippen LogP contribution < -0.4 is 5.32 Å². The molecule has 60 heavy (non-hydrogen) atoms. The minimum absolute atomic E-state index is 0.0749. The molecule has 288 valence electrons. The predicted octanol–water partition coefficient (Wildman–Crippen LogP) is 13.7. The van der Waals surface area contributed by atoms with Crippen LogP contribution >= 0.6 is 0 Å². The topological polar surface area (TPSA) is 32.6 Å². The zero-order valence-corrected chi connectivity index (χ0v) is 34.0. The number of hydrogen-bond acceptors (Lipinski definition) is 3. The Hall–Kier alpha value is -7.27. The molecule has 1 N–H and O–H groups in total. The molecular formula is C56H44N4. The van der Waals surface area contributed by atoms with Crippen LogP contribution in [-0.2, 0) is 0 Å². The molecule has 11 rings (SSSR count). The van der Waals surface area contributed by atoms with E-state index in [2.05, 4.69) is 230 Å². The lowest BCUT2D eigenvalue weighted by atomic mass is 9.89. The number of fused-ring (bicyclic) bond motifs is 6. The van der Waals surface area contributed by atoms with Crippen molar-refractivity contribution in [1.82, 2.24) is 14.8 Å². The number of hydrogen-bond donors (Lipinski definition) is 1. The average molecular weight is 773 g/mol. The summed E-state index contributed by atoms with van der Waals surface area (Å²) in [6.07, 6.45) is -0.290. The second kappa shape index (κ2) is 14.5. The smallest absolute Gasteiger partial charge is 0.134 e. The molecule has 9 aromatic carbocycles. The van der Waals surface area contributed by atoms with Crippen LogP contribution in [0.1, 0.15) is 40.1 Å². The zero-order chi connectivity index (χ0) is 40.3. The first-order valence-electron chi connectivity index (χ1n) is 20.8. The average Bonchev–Trinajstić information content (AvgIpc) is 3.63. The maximum absolute atomic E-state index is 5.45. The van der Waals surface area contributed by atoms with Gasteiger partial charge >= 0.3 is 0 Å². The van der Waals surface area contributed by atoms with E-state index in [1.807, 2.05) is 0 Å². The van der Waals surface area contributed by atoms with Crippen molar-refractivity contribution in [2.75, 3.05) is 7.05 Å². The molecule has 0 bridgehead atoms. The van der Waals surface area contributed by atoms with Gasteiger partial charge in [0.25, 0.3) is 0 Å². The number of aliphatic imine (C=N–C) groups is 1. The van der Waals surface area contributed by atoms with E-state index < -0.39 is 0 Å². The minimum atomic E-state index is -0.215. The number of aromatic nitrogens is 1. The van der Waals surface area contributed by atoms with Gasteiger partial charge in [-0.3, -0.25) is 5.32 Å². The number of aryl methyl sites for hydroxylation is 2. The van der Waals surface area contributed by atoms with E-state index in [1.54, 1.807) is 0 Å². The van der Waals surface area contributed by atoms with Crippen LogP contribution in [0.5, 0.6) is 0 Å². The Balaban J connectivity index is 1.20. The molecule has 0 saturated carbocycles. The Bertz CT molecular complexity index is 3290. The minimum Gasteiger partial charge on any atom is -0.340 e. The van der Waals surface area contributed by atoms with Crippen LogP contribution in [-0.4, -0.2) is 22.4 Å². The number of benzene rings is 9. The fraction of sp³-hybridized carbons (Fsp3) is 0.0893. The summed E-state index contributed by atoms with van der Waals surface area (Å²) in [6, 6.07) is 70.7. The van der Waals surface area contributed by atoms with E-state index in [9.17, 15) is 0 Å². The lowest BCUT2D eigenvalue weighted by Crippen LogP contribution is -2.46. The van der Waals surface area contributed by atoms with Crippen molar-refractivity contribution in [1.29, 1.82) is 0 Å². The van der Waals surface area contributed by atoms with E-state index in [1.165, 1.54) is 82.3 Å². The molecular weight excluding hydrogens is 729 g/mol. The summed E-state index contributed by atoms with van der Waals surface area (Å²) in [5.74, 6) is 0.941. The van der Waals surface area contributed by atoms with Gasteiger partial charge < -0.3 is 9.47 Å². The Morgan fingerprint density at radius 1 is 0.500 bits per heavy atom. The molecule has 0 aliphatic carbocycles. The van der Waals surface area contributed by atoms with E-state index in [-0.39, 0.29) is 12.3 Å². The summed E-state index contributed by atoms with van der Waals surface area (Å²) in [5.41, 5.74) is 14.3. The highest BCUT2D eigenvalue weighted by atomic mass is 15.4. The van der Waals surface area contributed by atoms with Crippen molar-refractivity contribution in [3.8, 4) is 27.9 Å². The fourth-order valence-corrected chi connectivity index (χ4v) is 9.57. The van der Waals surface area contributed by atoms with Crippen LogP contribution in [0, 0.1) is 13.8 Å². The summed E-state index contributed by atoms with van der Waals surface area (Å²) < 4.78 is 2.51. The molecule has 4 heteroatoms. The van der Waals surface area contributed by atoms with Gasteiger partial charge in [-0.05, 0) is 105 Å². The van der Waals surface area contributed by atoms with Gasteiger partial charge in [0.2, 0.25) is 0 Å². The van der Waals surface area contributed by atoms with E-state index in [4.69, 9.17) is 4.99 Å². The molecule has 0 spiro atoms. The van der Waals surface area contributed by atoms with Crippen molar-refractivity contribution in [3.05, 3.63) is 222 Å². The van der Waals surface area contributed by atoms with Gasteiger partial charge in [0.1, 0.15) is 18.2 Å². The number of amidine groups is 1. The summed E-state index contributed by atoms with van der Waals surface area (Å²) in [4.78, 5) is 7.73. The van der Waals surface area contributed by atoms with Crippen LogP contribution in [0.3, 0.4) is 0 Å². The molecule has 2 atom stereocenters. The Kier molecular flexibility index (Phi) is 8.68. The summed E-state index contributed by atoms with van der Waals surface area (Å²) in [7, 11) is 2.15. The van der Waals surface area contributed by atoms with E-state index in [0.717, 1.165) is 22.6 Å². The van der Waals surface area contributed by atoms with Gasteiger partial charge in [-0.15, -0.1) is 0 Å². The summed E-state index contributed by atoms with van der Waals surface area (Å²) in [5, 5.41) is 11.3. The second-order valence-electron chi connectivity index (χ2n) is 16.1. The van der Waals surface area contributed by atoms with Crippen molar-refractivity contribution in [3.63, 3.8) is 0 Å². The molecule has 0 saturated heterocycles. The van der Waals surface area contributed by atoms with Gasteiger partial charge in [-0.2, -0.15) is 0 Å². The highest BCUT2D eigenvalue weighted by Gasteiger charge is 2.31. The molecule has 1 aliphatic heterocycles. The quantitative estimate of drug-likeness (QED) is 0.183. The molecule has 2 heterocycles. The van der Waals surface area contributed by atoms with Gasteiger partial charge in [0, 0.05) is 34.6 Å². The molecule has 2 unspecified atom stereocenters. The largest absolute Gasteiger partial charge is 0.340 e. The molecule has 0 fully saturated rings. The monoisotopic (exact) mass is 772 g/mol. The van der Waals surface area contributed by atoms with E-state index >= 15 is 0 Å². The first-order valence-corrected chi connectivity index (χ1v) is 20.8. The van der Waals surface area contributed by atoms with E-state index in [0.29, 0.717) is 0 Å². The lowest BCUT2D eigenvalue weighted by Gasteiger charge is -2.39. The highest BCUT2D eigenvalue weighted by Crippen LogP contribution is 2.46. The standard InChI is InChI=1S/C56H44N4/c1-36-17-10-13-26-45(36)48-35-42(30-29-37(48)2)51-47-28-15-12-23-41(47)34-49-52-46-27-14-11-18-38(46)31-32-50(52)60(53(49)51)44-25-16-24-43(33-44)56-58-54(39-19-6-4-7-20-39)57-55(59(56)3)40-21-8-5-9-22-40/h4-35,54-55,57H,1-3H3. The van der Waals surface area contributed by atoms with Gasteiger partial charge in [-0.25, -0.2) is 4.99 Å². The zero-order valence-electron chi connectivity index (χ0n) is 34.0. The maximum atomic E-state index is 5.45. The van der Waals surface area contributed by atoms with Gasteiger partial charge in [-0.1, -0.05) is 164 Å². The van der Waals surface area contributed by atoms with Crippen molar-refractivity contribution in [2.45, 2.75) is 26.2 Å². The molecule has 0 amide bonds. The number of rotatable bonds is 6. The first kappa shape index (κ1) is 35.9. The highest BCUT2D eigenvalue weighted by molar-refractivity contribution is 6.27. The third kappa shape index (κ3) is 5.91. The molecule has 1 aromatic heterocycles. The lowest BCUT2D eigenvalue weighted by molar-refractivity contribution is 0.257. The number of nitrogens with zero attached hydrogens (tertiary/aromatic N) is 3. The third-order valence-electron chi connectivity index (χ3n) is 12.5. The molecule has 4 nitrogen and oxygen atoms in total. The fourth-order valence-electron chi connectivity index (χ4n) is 9.57. The molecule has 10 aromatic rings. The first-order chi connectivity index (χ1) is 29.5. The van der Waals surface area contributed by atoms with Crippen molar-refractivity contribution < 1.29 is 0 Å². The van der Waals surface area contributed by atoms with Crippen LogP contribution in [0.4, 0.5) is 0 Å². The van der Waals surface area contributed by atoms with Crippen LogP contribution in [0.15, 0.2) is 199 Å². The van der Waals surface area contributed by atoms with Crippen molar-refractivity contribution in [2.24, 2.45) is 4.99 Å². The third-order valence-corrected chi connectivity index (χ3v) is 12.5. The molecule has 0 radical (unpaired) electrons. The maximum Gasteiger partial charge on any atom is 0.134 e. The number of nitrogens with one attached hydrogen (secondary N) is 1. The predicted molar refractivity (Wildman–Crippen MR) is 252 cm³/mol. The SMILES string of the molecule is Cc1ccccc1-c1cc(-c2c3ccccc3cc3c4c5ccccc5ccc4n(-c4cccc(C5=NC(c6ccccc6)NC(c6ccccc6)N5C)c4)c23)ccc1C. The summed E-state index contributed by atoms with van der Waals surface area (Å²) >= 11 is 0. The Labute approximate surface area is 350 Å². The van der Waals surface area contributed by atoms with Crippen LogP contribution in [0.2, 0.25) is 0 Å². The van der Waals surface area contributed by atoms with Crippen molar-refractivity contribution >= 4 is 49.2 Å². The Morgan fingerprint density at radius 3 is 1.98 bits per heavy atom. The molecule has 1 aliphatic rings. The van der Waals surface area contributed by atoms with Crippen LogP contribution in [0.25, 0.3) is 71.3 Å². The Morgan fingerprint density at radius 2 is 1.18 bits per heavy atom. The summed E-state index contributed by atoms with van der Waals surface area (Å²) in [6.45, 7) is 4.44. The van der Waals surface area contributed by atoms with Gasteiger partial charge in [0.15, 0.2) is 0 Å².